The first-order valence-corrected chi connectivity index (χ1v) is 12.3. The van der Waals surface area contributed by atoms with E-state index in [1.54, 1.807) is 13.0 Å². The van der Waals surface area contributed by atoms with Crippen molar-refractivity contribution in [3.8, 4) is 0 Å². The largest absolute Gasteiger partial charge is 0.390 e. The van der Waals surface area contributed by atoms with E-state index in [1.165, 1.54) is 12.2 Å². The summed E-state index contributed by atoms with van der Waals surface area (Å²) in [4.78, 5) is 25.4. The number of ether oxygens (including phenoxy) is 2. The maximum Gasteiger partial charge on any atom is 0.193 e. The molecule has 182 valence electrons. The highest BCUT2D eigenvalue weighted by Gasteiger charge is 2.80. The van der Waals surface area contributed by atoms with Crippen LogP contribution in [0.1, 0.15) is 66.2 Å². The van der Waals surface area contributed by atoms with Crippen molar-refractivity contribution in [1.29, 1.82) is 0 Å². The number of hydrogen-bond acceptors (Lipinski definition) is 6. The summed E-state index contributed by atoms with van der Waals surface area (Å²) < 4.78 is 30.2. The fraction of sp³-hybridized carbons (Fsp3) is 0.769. The summed E-state index contributed by atoms with van der Waals surface area (Å²) in [5.74, 6) is -2.35. The van der Waals surface area contributed by atoms with Crippen molar-refractivity contribution in [3.63, 3.8) is 0 Å². The summed E-state index contributed by atoms with van der Waals surface area (Å²) in [6, 6.07) is 0. The molecule has 6 nitrogen and oxygen atoms in total. The second-order valence-electron chi connectivity index (χ2n) is 11.1. The van der Waals surface area contributed by atoms with Crippen LogP contribution in [0.3, 0.4) is 0 Å². The van der Waals surface area contributed by atoms with E-state index in [0.717, 1.165) is 5.57 Å². The average Bonchev–Trinajstić information content (AvgIpc) is 3.25. The van der Waals surface area contributed by atoms with Crippen LogP contribution < -0.4 is 0 Å². The molecule has 5 aliphatic rings. The molecule has 33 heavy (non-hydrogen) atoms. The van der Waals surface area contributed by atoms with E-state index in [4.69, 9.17) is 9.47 Å². The summed E-state index contributed by atoms with van der Waals surface area (Å²) in [5, 5.41) is 21.4. The summed E-state index contributed by atoms with van der Waals surface area (Å²) in [6.45, 7) is 6.87. The number of aliphatic hydroxyl groups excluding tert-OH is 2. The number of hydrogen-bond donors (Lipinski definition) is 2. The smallest absolute Gasteiger partial charge is 0.193 e. The molecule has 4 unspecified atom stereocenters. The Bertz CT molecular complexity index is 954. The fourth-order valence-electron chi connectivity index (χ4n) is 8.31. The molecule has 4 aliphatic carbocycles. The molecule has 0 aromatic carbocycles. The van der Waals surface area contributed by atoms with Gasteiger partial charge < -0.3 is 19.7 Å². The van der Waals surface area contributed by atoms with E-state index in [0.29, 0.717) is 32.1 Å². The Kier molecular flexibility index (Phi) is 4.99. The van der Waals surface area contributed by atoms with Crippen molar-refractivity contribution in [2.24, 2.45) is 22.7 Å². The molecular formula is C26H35FO6. The van der Waals surface area contributed by atoms with Crippen LogP contribution in [0, 0.1) is 22.7 Å². The lowest BCUT2D eigenvalue weighted by Crippen LogP contribution is -2.70. The van der Waals surface area contributed by atoms with Gasteiger partial charge in [-0.2, -0.15) is 0 Å². The molecule has 0 aromatic rings. The number of Topliss-reactive ketones (excluding diaryl/α,β-unsaturated/α-hetero) is 1. The summed E-state index contributed by atoms with van der Waals surface area (Å²) in [6.07, 6.45) is 5.15. The minimum Gasteiger partial charge on any atom is -0.390 e. The Hall–Kier alpha value is -1.41. The van der Waals surface area contributed by atoms with Gasteiger partial charge in [-0.1, -0.05) is 32.4 Å². The molecule has 5 rings (SSSR count). The van der Waals surface area contributed by atoms with E-state index in [1.807, 2.05) is 20.8 Å². The number of halogens is 1. The number of ketones is 2. The number of carbonyl (C=O) groups is 2. The van der Waals surface area contributed by atoms with Gasteiger partial charge in [0.25, 0.3) is 0 Å². The van der Waals surface area contributed by atoms with Crippen molar-refractivity contribution in [2.45, 2.75) is 95.5 Å². The topological polar surface area (TPSA) is 93.1 Å². The van der Waals surface area contributed by atoms with Crippen molar-refractivity contribution in [1.82, 2.24) is 0 Å². The quantitative estimate of drug-likeness (QED) is 0.667. The van der Waals surface area contributed by atoms with E-state index in [9.17, 15) is 19.8 Å². The van der Waals surface area contributed by atoms with Gasteiger partial charge in [-0.05, 0) is 63.5 Å². The van der Waals surface area contributed by atoms with Crippen molar-refractivity contribution >= 4 is 11.6 Å². The summed E-state index contributed by atoms with van der Waals surface area (Å²) in [7, 11) is 0. The molecule has 0 spiro atoms. The summed E-state index contributed by atoms with van der Waals surface area (Å²) in [5.41, 5.74) is -4.66. The van der Waals surface area contributed by atoms with Crippen LogP contribution >= 0.6 is 0 Å². The molecule has 1 saturated heterocycles. The standard InChI is InChI=1S/C26H35FO6/c1-5-24(6-2)32-21-12-18-17-8-7-15-11-16(29)9-10-22(15,3)25(17,27)19(30)13-23(18,4)26(21,33-24)20(31)14-28/h9-11,17-19,21,28,30H,5-8,12-14H2,1-4H3/t17?,18?,19?,21?,22-,23-,25-,26+/m0/s1. The molecular weight excluding hydrogens is 427 g/mol. The lowest BCUT2D eigenvalue weighted by atomic mass is 9.44. The van der Waals surface area contributed by atoms with Crippen molar-refractivity contribution in [2.75, 3.05) is 6.61 Å². The Morgan fingerprint density at radius 1 is 1.24 bits per heavy atom. The van der Waals surface area contributed by atoms with E-state index < -0.39 is 58.4 Å². The van der Waals surface area contributed by atoms with Crippen LogP contribution in [-0.2, 0) is 19.1 Å². The molecule has 0 bridgehead atoms. The lowest BCUT2D eigenvalue weighted by Gasteiger charge is -2.62. The number of allylic oxidation sites excluding steroid dienone is 4. The van der Waals surface area contributed by atoms with Crippen LogP contribution in [0.5, 0.6) is 0 Å². The lowest BCUT2D eigenvalue weighted by molar-refractivity contribution is -0.256. The van der Waals surface area contributed by atoms with Crippen LogP contribution in [0.15, 0.2) is 23.8 Å². The second kappa shape index (κ2) is 7.06. The highest BCUT2D eigenvalue weighted by Crippen LogP contribution is 2.72. The van der Waals surface area contributed by atoms with Gasteiger partial charge in [0.15, 0.2) is 28.6 Å². The predicted molar refractivity (Wildman–Crippen MR) is 118 cm³/mol. The first kappa shape index (κ1) is 23.3. The Morgan fingerprint density at radius 2 is 1.94 bits per heavy atom. The normalized spacial score (nSPS) is 49.7. The van der Waals surface area contributed by atoms with Crippen LogP contribution in [0.4, 0.5) is 4.39 Å². The first-order chi connectivity index (χ1) is 15.5. The van der Waals surface area contributed by atoms with Gasteiger partial charge in [-0.3, -0.25) is 9.59 Å². The van der Waals surface area contributed by atoms with Gasteiger partial charge in [0.1, 0.15) is 6.61 Å². The average molecular weight is 463 g/mol. The molecule has 1 aliphatic heterocycles. The maximum atomic E-state index is 17.3. The first-order valence-electron chi connectivity index (χ1n) is 12.3. The van der Waals surface area contributed by atoms with Crippen molar-refractivity contribution < 1.29 is 33.7 Å². The minimum atomic E-state index is -1.98. The summed E-state index contributed by atoms with van der Waals surface area (Å²) >= 11 is 0. The Balaban J connectivity index is 1.63. The number of aliphatic hydroxyl groups is 2. The maximum absolute atomic E-state index is 17.3. The SMILES string of the molecule is CCC1(CC)OC2CC3C4CCC5=CC(=O)C=C[C@]5(C)[C@@]4(F)C(O)C[C@]3(C)[C@]2(C(=O)CO)O1. The van der Waals surface area contributed by atoms with E-state index in [-0.39, 0.29) is 18.1 Å². The van der Waals surface area contributed by atoms with Gasteiger partial charge in [0, 0.05) is 16.7 Å². The molecule has 3 saturated carbocycles. The number of fused-ring (bicyclic) bond motifs is 7. The van der Waals surface area contributed by atoms with E-state index >= 15 is 4.39 Å². The third-order valence-electron chi connectivity index (χ3n) is 10.1. The second-order valence-corrected chi connectivity index (χ2v) is 11.1. The Labute approximate surface area is 194 Å². The van der Waals surface area contributed by atoms with E-state index in [2.05, 4.69) is 0 Å². The molecule has 0 amide bonds. The zero-order valence-electron chi connectivity index (χ0n) is 19.9. The van der Waals surface area contributed by atoms with Crippen LogP contribution in [0.2, 0.25) is 0 Å². The molecule has 4 fully saturated rings. The molecule has 7 heteroatoms. The third kappa shape index (κ3) is 2.52. The zero-order chi connectivity index (χ0) is 24.0. The minimum absolute atomic E-state index is 0.0183. The van der Waals surface area contributed by atoms with Gasteiger partial charge in [-0.25, -0.2) is 4.39 Å². The van der Waals surface area contributed by atoms with Gasteiger partial charge in [0.2, 0.25) is 0 Å². The molecule has 1 heterocycles. The monoisotopic (exact) mass is 462 g/mol. The Morgan fingerprint density at radius 3 is 2.58 bits per heavy atom. The predicted octanol–water partition coefficient (Wildman–Crippen LogP) is 3.20. The van der Waals surface area contributed by atoms with Crippen LogP contribution in [-0.4, -0.2) is 57.7 Å². The molecule has 8 atom stereocenters. The van der Waals surface area contributed by atoms with Gasteiger partial charge >= 0.3 is 0 Å². The zero-order valence-corrected chi connectivity index (χ0v) is 19.9. The van der Waals surface area contributed by atoms with Crippen LogP contribution in [0.25, 0.3) is 0 Å². The van der Waals surface area contributed by atoms with Crippen molar-refractivity contribution in [3.05, 3.63) is 23.8 Å². The highest BCUT2D eigenvalue weighted by atomic mass is 19.1. The number of rotatable bonds is 4. The molecule has 0 radical (unpaired) electrons. The molecule has 0 aromatic heterocycles. The number of alkyl halides is 1. The van der Waals surface area contributed by atoms with Gasteiger partial charge in [-0.15, -0.1) is 0 Å². The highest BCUT2D eigenvalue weighted by molar-refractivity contribution is 6.01. The molecule has 2 N–H and O–H groups in total. The van der Waals surface area contributed by atoms with Gasteiger partial charge in [0.05, 0.1) is 12.2 Å². The third-order valence-corrected chi connectivity index (χ3v) is 10.1. The fourth-order valence-corrected chi connectivity index (χ4v) is 8.31. The number of carbonyl (C=O) groups excluding carboxylic acids is 2.